The number of benzene rings is 1. The Labute approximate surface area is 168 Å². The summed E-state index contributed by atoms with van der Waals surface area (Å²) in [5, 5.41) is 0. The summed E-state index contributed by atoms with van der Waals surface area (Å²) < 4.78 is 30.5. The quantitative estimate of drug-likeness (QED) is 0.767. The van der Waals surface area contributed by atoms with Crippen LogP contribution in [-0.4, -0.2) is 58.8 Å². The van der Waals surface area contributed by atoms with E-state index >= 15 is 0 Å². The van der Waals surface area contributed by atoms with Gasteiger partial charge in [0.05, 0.1) is 12.2 Å². The summed E-state index contributed by atoms with van der Waals surface area (Å²) in [6, 6.07) is 7.79. The lowest BCUT2D eigenvalue weighted by Crippen LogP contribution is -2.53. The number of hydrogen-bond donors (Lipinski definition) is 0. The maximum atomic E-state index is 12.9. The third kappa shape index (κ3) is 5.00. The van der Waals surface area contributed by atoms with Crippen LogP contribution in [-0.2, 0) is 9.53 Å². The van der Waals surface area contributed by atoms with Gasteiger partial charge in [-0.1, -0.05) is 0 Å². The maximum absolute atomic E-state index is 12.9. The van der Waals surface area contributed by atoms with E-state index < -0.39 is 0 Å². The molecule has 2 saturated heterocycles. The van der Waals surface area contributed by atoms with Crippen molar-refractivity contribution in [1.29, 1.82) is 0 Å². The minimum absolute atomic E-state index is 0.00945. The van der Waals surface area contributed by atoms with E-state index in [1.807, 2.05) is 0 Å². The summed E-state index contributed by atoms with van der Waals surface area (Å²) in [5.74, 6) is 0.0658. The number of carbonyl (C=O) groups is 1. The normalized spacial score (nSPS) is 21.0. The highest BCUT2D eigenvalue weighted by atomic mass is 19.1. The number of likely N-dealkylation sites (tertiary alicyclic amines) is 1. The van der Waals surface area contributed by atoms with E-state index in [-0.39, 0.29) is 30.0 Å². The van der Waals surface area contributed by atoms with Gasteiger partial charge in [-0.15, -0.1) is 0 Å². The number of piperidine rings is 1. The Hall–Kier alpha value is -2.74. The largest absolute Gasteiger partial charge is 0.484 e. The Morgan fingerprint density at radius 2 is 1.93 bits per heavy atom. The SMILES string of the molecule is O=C(COc1ccc(F)cc1)N1CCC2(CC1)CC(Oc1ncccn1)CCO2. The molecule has 4 rings (SSSR count). The monoisotopic (exact) mass is 401 g/mol. The van der Waals surface area contributed by atoms with E-state index in [0.717, 1.165) is 25.7 Å². The Balaban J connectivity index is 1.26. The van der Waals surface area contributed by atoms with Crippen molar-refractivity contribution in [3.8, 4) is 11.8 Å². The first-order valence-electron chi connectivity index (χ1n) is 9.86. The molecule has 0 radical (unpaired) electrons. The fourth-order valence-corrected chi connectivity index (χ4v) is 3.86. The van der Waals surface area contributed by atoms with Crippen LogP contribution in [0.15, 0.2) is 42.7 Å². The number of carbonyl (C=O) groups excluding carboxylic acids is 1. The van der Waals surface area contributed by atoms with Crippen molar-refractivity contribution < 1.29 is 23.4 Å². The van der Waals surface area contributed by atoms with Gasteiger partial charge in [0, 0.05) is 38.3 Å². The molecule has 2 fully saturated rings. The molecule has 7 nitrogen and oxygen atoms in total. The van der Waals surface area contributed by atoms with E-state index in [4.69, 9.17) is 14.2 Å². The molecule has 1 aromatic carbocycles. The van der Waals surface area contributed by atoms with Gasteiger partial charge in [0.25, 0.3) is 5.91 Å². The fraction of sp³-hybridized carbons (Fsp3) is 0.476. The van der Waals surface area contributed by atoms with Gasteiger partial charge in [-0.3, -0.25) is 4.79 Å². The standard InChI is InChI=1S/C21H24FN3O4/c22-16-2-4-17(5-3-16)27-15-19(26)25-11-7-21(8-12-25)14-18(6-13-28-21)29-20-23-9-1-10-24-20/h1-5,9-10,18H,6-8,11-15H2. The van der Waals surface area contributed by atoms with Gasteiger partial charge in [-0.25, -0.2) is 14.4 Å². The van der Waals surface area contributed by atoms with Crippen LogP contribution in [0.5, 0.6) is 11.8 Å². The first-order valence-corrected chi connectivity index (χ1v) is 9.86. The first kappa shape index (κ1) is 19.6. The van der Waals surface area contributed by atoms with Crippen LogP contribution in [0, 0.1) is 5.82 Å². The zero-order valence-electron chi connectivity index (χ0n) is 16.1. The molecule has 0 aliphatic carbocycles. The molecule has 0 saturated carbocycles. The number of aromatic nitrogens is 2. The van der Waals surface area contributed by atoms with Crippen LogP contribution >= 0.6 is 0 Å². The molecule has 1 aromatic heterocycles. The molecule has 0 bridgehead atoms. The smallest absolute Gasteiger partial charge is 0.316 e. The van der Waals surface area contributed by atoms with Gasteiger partial charge in [0.2, 0.25) is 0 Å². The van der Waals surface area contributed by atoms with Crippen molar-refractivity contribution in [1.82, 2.24) is 14.9 Å². The third-order valence-corrected chi connectivity index (χ3v) is 5.47. The topological polar surface area (TPSA) is 73.8 Å². The second-order valence-corrected chi connectivity index (χ2v) is 7.42. The van der Waals surface area contributed by atoms with E-state index in [1.165, 1.54) is 24.3 Å². The summed E-state index contributed by atoms with van der Waals surface area (Å²) >= 11 is 0. The summed E-state index contributed by atoms with van der Waals surface area (Å²) in [7, 11) is 0. The summed E-state index contributed by atoms with van der Waals surface area (Å²) in [5.41, 5.74) is -0.272. The van der Waals surface area contributed by atoms with Crippen molar-refractivity contribution >= 4 is 5.91 Å². The third-order valence-electron chi connectivity index (χ3n) is 5.47. The molecule has 1 amide bonds. The lowest BCUT2D eigenvalue weighted by Gasteiger charge is -2.45. The Bertz CT molecular complexity index is 810. The average molecular weight is 401 g/mol. The molecule has 0 N–H and O–H groups in total. The van der Waals surface area contributed by atoms with Crippen LogP contribution in [0.3, 0.4) is 0 Å². The lowest BCUT2D eigenvalue weighted by atomic mass is 9.83. The predicted molar refractivity (Wildman–Crippen MR) is 102 cm³/mol. The highest BCUT2D eigenvalue weighted by molar-refractivity contribution is 5.77. The molecular weight excluding hydrogens is 377 g/mol. The Morgan fingerprint density at radius 3 is 2.66 bits per heavy atom. The molecule has 1 spiro atoms. The lowest BCUT2D eigenvalue weighted by molar-refractivity contribution is -0.153. The predicted octanol–water partition coefficient (Wildman–Crippen LogP) is 2.61. The highest BCUT2D eigenvalue weighted by Gasteiger charge is 2.42. The fourth-order valence-electron chi connectivity index (χ4n) is 3.86. The molecule has 3 heterocycles. The van der Waals surface area contributed by atoms with Gasteiger partial charge < -0.3 is 19.1 Å². The summed E-state index contributed by atoms with van der Waals surface area (Å²) in [6.45, 7) is 1.79. The van der Waals surface area contributed by atoms with Crippen LogP contribution in [0.1, 0.15) is 25.7 Å². The van der Waals surface area contributed by atoms with Gasteiger partial charge in [-0.05, 0) is 43.2 Å². The van der Waals surface area contributed by atoms with Crippen molar-refractivity contribution in [2.24, 2.45) is 0 Å². The Kier molecular flexibility index (Phi) is 5.89. The van der Waals surface area contributed by atoms with E-state index in [2.05, 4.69) is 9.97 Å². The highest BCUT2D eigenvalue weighted by Crippen LogP contribution is 2.36. The van der Waals surface area contributed by atoms with Crippen molar-refractivity contribution in [3.05, 3.63) is 48.5 Å². The second kappa shape index (κ2) is 8.73. The van der Waals surface area contributed by atoms with E-state index in [0.29, 0.717) is 31.5 Å². The van der Waals surface area contributed by atoms with E-state index in [1.54, 1.807) is 23.4 Å². The van der Waals surface area contributed by atoms with Gasteiger partial charge in [0.1, 0.15) is 17.7 Å². The van der Waals surface area contributed by atoms with Crippen molar-refractivity contribution in [2.45, 2.75) is 37.4 Å². The number of amides is 1. The van der Waals surface area contributed by atoms with Crippen molar-refractivity contribution in [3.63, 3.8) is 0 Å². The van der Waals surface area contributed by atoms with Gasteiger partial charge >= 0.3 is 6.01 Å². The number of hydrogen-bond acceptors (Lipinski definition) is 6. The maximum Gasteiger partial charge on any atom is 0.316 e. The molecule has 8 heteroatoms. The number of rotatable bonds is 5. The Morgan fingerprint density at radius 1 is 1.21 bits per heavy atom. The zero-order chi connectivity index (χ0) is 20.1. The minimum atomic E-state index is -0.335. The van der Waals surface area contributed by atoms with Crippen LogP contribution in [0.25, 0.3) is 0 Å². The van der Waals surface area contributed by atoms with E-state index in [9.17, 15) is 9.18 Å². The molecule has 2 aliphatic heterocycles. The van der Waals surface area contributed by atoms with Crippen LogP contribution < -0.4 is 9.47 Å². The summed E-state index contributed by atoms with van der Waals surface area (Å²) in [6.07, 6.45) is 6.41. The molecule has 1 atom stereocenters. The molecular formula is C21H24FN3O4. The average Bonchev–Trinajstić information content (AvgIpc) is 2.74. The number of ether oxygens (including phenoxy) is 3. The molecule has 154 valence electrons. The molecule has 29 heavy (non-hydrogen) atoms. The minimum Gasteiger partial charge on any atom is -0.484 e. The first-order chi connectivity index (χ1) is 14.1. The van der Waals surface area contributed by atoms with Gasteiger partial charge in [0.15, 0.2) is 6.61 Å². The zero-order valence-corrected chi connectivity index (χ0v) is 16.1. The molecule has 2 aromatic rings. The van der Waals surface area contributed by atoms with Crippen LogP contribution in [0.2, 0.25) is 0 Å². The second-order valence-electron chi connectivity index (χ2n) is 7.42. The molecule has 1 unspecified atom stereocenters. The molecule has 2 aliphatic rings. The van der Waals surface area contributed by atoms with Gasteiger partial charge in [-0.2, -0.15) is 0 Å². The summed E-state index contributed by atoms with van der Waals surface area (Å²) in [4.78, 5) is 22.5. The number of nitrogens with zero attached hydrogens (tertiary/aromatic N) is 3. The van der Waals surface area contributed by atoms with Crippen molar-refractivity contribution in [2.75, 3.05) is 26.3 Å². The van der Waals surface area contributed by atoms with Crippen LogP contribution in [0.4, 0.5) is 4.39 Å². The number of halogens is 1.